The zero-order valence-corrected chi connectivity index (χ0v) is 21.8. The second-order valence-corrected chi connectivity index (χ2v) is 11.9. The first-order valence-electron chi connectivity index (χ1n) is 11.9. The molecule has 0 amide bonds. The van der Waals surface area contributed by atoms with Gasteiger partial charge in [0.1, 0.15) is 15.5 Å². The molecule has 10 heteroatoms. The molecular formula is C27H24N4O4S2. The van der Waals surface area contributed by atoms with Crippen LogP contribution >= 0.6 is 11.3 Å². The third-order valence-electron chi connectivity index (χ3n) is 6.81. The van der Waals surface area contributed by atoms with Crippen molar-refractivity contribution in [2.24, 2.45) is 0 Å². The van der Waals surface area contributed by atoms with Crippen molar-refractivity contribution in [3.05, 3.63) is 93.5 Å². The monoisotopic (exact) mass is 532 g/mol. The van der Waals surface area contributed by atoms with Crippen LogP contribution < -0.4 is 10.3 Å². The van der Waals surface area contributed by atoms with Crippen LogP contribution in [0.1, 0.15) is 16.0 Å². The maximum atomic E-state index is 13.6. The Balaban J connectivity index is 1.29. The quantitative estimate of drug-likeness (QED) is 0.328. The molecule has 0 aliphatic carbocycles. The van der Waals surface area contributed by atoms with Gasteiger partial charge in [0.15, 0.2) is 0 Å². The minimum absolute atomic E-state index is 0.0782. The van der Waals surface area contributed by atoms with Crippen LogP contribution in [-0.2, 0) is 36.0 Å². The molecule has 0 fully saturated rings. The average Bonchev–Trinajstić information content (AvgIpc) is 3.31. The molecule has 0 unspecified atom stereocenters. The smallest absolute Gasteiger partial charge is 0.262 e. The molecule has 1 aliphatic heterocycles. The lowest BCUT2D eigenvalue weighted by molar-refractivity contribution is 0.397. The van der Waals surface area contributed by atoms with Gasteiger partial charge < -0.3 is 4.74 Å². The van der Waals surface area contributed by atoms with Crippen LogP contribution in [0.2, 0.25) is 0 Å². The number of fused-ring (bicyclic) bond motifs is 4. The van der Waals surface area contributed by atoms with Crippen LogP contribution in [0.3, 0.4) is 0 Å². The summed E-state index contributed by atoms with van der Waals surface area (Å²) in [4.78, 5) is 24.0. The number of hydrogen-bond acceptors (Lipinski definition) is 7. The first-order valence-corrected chi connectivity index (χ1v) is 14.2. The average molecular weight is 533 g/mol. The highest BCUT2D eigenvalue weighted by atomic mass is 32.2. The standard InChI is InChI=1S/C27H24N4O4S2/c1-35-20-9-7-18(8-10-20)11-14-30-17-29-26-24(27(30)32)21-12-15-31(16-22(21)36-26)37(33,34)23-6-2-4-19-5-3-13-28-25(19)23/h2-10,13,17H,11-12,14-16H2,1H3. The molecule has 4 heterocycles. The first-order chi connectivity index (χ1) is 18.0. The van der Waals surface area contributed by atoms with E-state index in [9.17, 15) is 13.2 Å². The van der Waals surface area contributed by atoms with Crippen LogP contribution in [0.5, 0.6) is 5.75 Å². The van der Waals surface area contributed by atoms with Crippen molar-refractivity contribution >= 4 is 42.5 Å². The topological polar surface area (TPSA) is 94.4 Å². The number of methoxy groups -OCH3 is 1. The fraction of sp³-hybridized carbons (Fsp3) is 0.222. The Hall–Kier alpha value is -3.60. The molecule has 8 nitrogen and oxygen atoms in total. The Kier molecular flexibility index (Phi) is 6.02. The molecule has 3 aromatic heterocycles. The number of hydrogen-bond donors (Lipinski definition) is 0. The van der Waals surface area contributed by atoms with Crippen molar-refractivity contribution in [1.82, 2.24) is 18.8 Å². The van der Waals surface area contributed by atoms with E-state index in [-0.39, 0.29) is 17.0 Å². The highest BCUT2D eigenvalue weighted by molar-refractivity contribution is 7.89. The molecule has 37 heavy (non-hydrogen) atoms. The summed E-state index contributed by atoms with van der Waals surface area (Å²) in [7, 11) is -2.14. The number of nitrogens with zero attached hydrogens (tertiary/aromatic N) is 4. The Morgan fingerprint density at radius 3 is 2.68 bits per heavy atom. The SMILES string of the molecule is COc1ccc(CCn2cnc3sc4c(c3c2=O)CCN(S(=O)(=O)c2cccc3cccnc23)C4)cc1. The van der Waals surface area contributed by atoms with Gasteiger partial charge in [-0.05, 0) is 48.2 Å². The van der Waals surface area contributed by atoms with E-state index in [1.165, 1.54) is 15.6 Å². The molecule has 0 radical (unpaired) electrons. The van der Waals surface area contributed by atoms with E-state index in [0.29, 0.717) is 41.7 Å². The molecular weight excluding hydrogens is 508 g/mol. The maximum absolute atomic E-state index is 13.6. The molecule has 0 N–H and O–H groups in total. The number of sulfonamides is 1. The van der Waals surface area contributed by atoms with Gasteiger partial charge in [-0.25, -0.2) is 13.4 Å². The largest absolute Gasteiger partial charge is 0.497 e. The van der Waals surface area contributed by atoms with Crippen molar-refractivity contribution in [1.29, 1.82) is 0 Å². The van der Waals surface area contributed by atoms with E-state index < -0.39 is 10.0 Å². The van der Waals surface area contributed by atoms with E-state index in [4.69, 9.17) is 4.74 Å². The van der Waals surface area contributed by atoms with Crippen molar-refractivity contribution < 1.29 is 13.2 Å². The lowest BCUT2D eigenvalue weighted by Gasteiger charge is -2.26. The van der Waals surface area contributed by atoms with Crippen LogP contribution in [0, 0.1) is 0 Å². The maximum Gasteiger partial charge on any atom is 0.262 e. The number of para-hydroxylation sites is 1. The van der Waals surface area contributed by atoms with Crippen molar-refractivity contribution in [3.8, 4) is 5.75 Å². The fourth-order valence-corrected chi connectivity index (χ4v) is 7.67. The zero-order chi connectivity index (χ0) is 25.6. The molecule has 0 bridgehead atoms. The second-order valence-electron chi connectivity index (χ2n) is 8.94. The summed E-state index contributed by atoms with van der Waals surface area (Å²) >= 11 is 1.40. The Morgan fingerprint density at radius 2 is 1.86 bits per heavy atom. The fourth-order valence-electron chi connectivity index (χ4n) is 4.82. The summed E-state index contributed by atoms with van der Waals surface area (Å²) < 4.78 is 35.6. The molecule has 0 saturated carbocycles. The van der Waals surface area contributed by atoms with Crippen LogP contribution in [0.25, 0.3) is 21.1 Å². The number of aromatic nitrogens is 3. The van der Waals surface area contributed by atoms with Crippen LogP contribution in [0.4, 0.5) is 0 Å². The minimum Gasteiger partial charge on any atom is -0.497 e. The summed E-state index contributed by atoms with van der Waals surface area (Å²) in [5.41, 5.74) is 2.40. The summed E-state index contributed by atoms with van der Waals surface area (Å²) in [5, 5.41) is 1.39. The molecule has 0 spiro atoms. The number of thiophene rings is 1. The van der Waals surface area contributed by atoms with Gasteiger partial charge in [-0.2, -0.15) is 4.31 Å². The van der Waals surface area contributed by atoms with E-state index in [1.807, 2.05) is 36.4 Å². The Labute approximate surface area is 217 Å². The zero-order valence-electron chi connectivity index (χ0n) is 20.1. The first kappa shape index (κ1) is 23.8. The van der Waals surface area contributed by atoms with Gasteiger partial charge in [-0.15, -0.1) is 11.3 Å². The summed E-state index contributed by atoms with van der Waals surface area (Å²) in [6.07, 6.45) is 4.35. The summed E-state index contributed by atoms with van der Waals surface area (Å²) in [5.74, 6) is 0.793. The third-order valence-corrected chi connectivity index (χ3v) is 9.81. The van der Waals surface area contributed by atoms with Gasteiger partial charge in [-0.3, -0.25) is 14.3 Å². The van der Waals surface area contributed by atoms with E-state index in [0.717, 1.165) is 27.1 Å². The Morgan fingerprint density at radius 1 is 1.05 bits per heavy atom. The number of benzene rings is 2. The van der Waals surface area contributed by atoms with E-state index in [1.54, 1.807) is 42.4 Å². The van der Waals surface area contributed by atoms with Crippen LogP contribution in [0.15, 0.2) is 76.8 Å². The predicted octanol–water partition coefficient (Wildman–Crippen LogP) is 4.00. The van der Waals surface area contributed by atoms with Crippen molar-refractivity contribution in [3.63, 3.8) is 0 Å². The molecule has 5 aromatic rings. The predicted molar refractivity (Wildman–Crippen MR) is 144 cm³/mol. The normalized spacial score (nSPS) is 14.2. The molecule has 188 valence electrons. The van der Waals surface area contributed by atoms with Crippen molar-refractivity contribution in [2.45, 2.75) is 30.8 Å². The van der Waals surface area contributed by atoms with Gasteiger partial charge in [0.05, 0.1) is 24.3 Å². The lowest BCUT2D eigenvalue weighted by atomic mass is 10.1. The van der Waals surface area contributed by atoms with Gasteiger partial charge in [0, 0.05) is 36.1 Å². The van der Waals surface area contributed by atoms with Gasteiger partial charge in [-0.1, -0.05) is 30.3 Å². The number of pyridine rings is 1. The van der Waals surface area contributed by atoms with E-state index in [2.05, 4.69) is 9.97 Å². The minimum atomic E-state index is -3.77. The number of ether oxygens (including phenoxy) is 1. The molecule has 1 aliphatic rings. The number of rotatable bonds is 6. The molecule has 0 atom stereocenters. The summed E-state index contributed by atoms with van der Waals surface area (Å²) in [6, 6.07) is 16.6. The summed E-state index contributed by atoms with van der Waals surface area (Å²) in [6.45, 7) is 1.02. The number of aryl methyl sites for hydroxylation is 2. The second kappa shape index (κ2) is 9.37. The lowest BCUT2D eigenvalue weighted by Crippen LogP contribution is -2.35. The van der Waals surface area contributed by atoms with Gasteiger partial charge in [0.2, 0.25) is 10.0 Å². The highest BCUT2D eigenvalue weighted by Crippen LogP contribution is 2.35. The van der Waals surface area contributed by atoms with Crippen LogP contribution in [-0.4, -0.2) is 40.9 Å². The third kappa shape index (κ3) is 4.20. The molecule has 6 rings (SSSR count). The highest BCUT2D eigenvalue weighted by Gasteiger charge is 2.32. The van der Waals surface area contributed by atoms with E-state index >= 15 is 0 Å². The molecule has 0 saturated heterocycles. The Bertz CT molecular complexity index is 1790. The van der Waals surface area contributed by atoms with Gasteiger partial charge >= 0.3 is 0 Å². The molecule has 2 aromatic carbocycles. The van der Waals surface area contributed by atoms with Gasteiger partial charge in [0.25, 0.3) is 5.56 Å². The van der Waals surface area contributed by atoms with Crippen molar-refractivity contribution in [2.75, 3.05) is 13.7 Å².